The molecule has 2 N–H and O–H groups in total. The zero-order valence-corrected chi connectivity index (χ0v) is 20.6. The van der Waals surface area contributed by atoms with Crippen LogP contribution in [0.4, 0.5) is 5.69 Å². The first-order chi connectivity index (χ1) is 17.4. The number of thioether (sulfide) groups is 1. The molecule has 36 heavy (non-hydrogen) atoms. The van der Waals surface area contributed by atoms with Crippen molar-refractivity contribution in [2.24, 2.45) is 0 Å². The van der Waals surface area contributed by atoms with Crippen molar-refractivity contribution < 1.29 is 31.8 Å². The van der Waals surface area contributed by atoms with Gasteiger partial charge in [-0.05, 0) is 48.0 Å². The van der Waals surface area contributed by atoms with Gasteiger partial charge in [-0.25, -0.2) is 13.4 Å². The number of carbonyl (C=O) groups excluding carboxylic acids is 1. The maximum absolute atomic E-state index is 12.9. The number of aromatic nitrogens is 1. The summed E-state index contributed by atoms with van der Waals surface area (Å²) in [4.78, 5) is 16.6. The predicted octanol–water partition coefficient (Wildman–Crippen LogP) is 3.77. The van der Waals surface area contributed by atoms with Crippen LogP contribution in [-0.4, -0.2) is 39.0 Å². The number of nitrogens with one attached hydrogen (secondary N) is 2. The molecule has 1 amide bonds. The number of methoxy groups -OCH3 is 1. The van der Waals surface area contributed by atoms with E-state index in [9.17, 15) is 13.2 Å². The number of hydrogen-bond donors (Lipinski definition) is 2. The van der Waals surface area contributed by atoms with Gasteiger partial charge in [0, 0.05) is 6.54 Å². The van der Waals surface area contributed by atoms with Crippen molar-refractivity contribution >= 4 is 44.5 Å². The Labute approximate surface area is 211 Å². The molecule has 0 unspecified atom stereocenters. The van der Waals surface area contributed by atoms with Crippen molar-refractivity contribution in [3.8, 4) is 17.2 Å². The molecular weight excluding hydrogens is 506 g/mol. The van der Waals surface area contributed by atoms with Gasteiger partial charge in [0.1, 0.15) is 11.3 Å². The molecule has 0 spiro atoms. The fraction of sp³-hybridized carbons (Fsp3) is 0.167. The summed E-state index contributed by atoms with van der Waals surface area (Å²) in [6, 6.07) is 16.6. The minimum atomic E-state index is -3.89. The van der Waals surface area contributed by atoms with Crippen LogP contribution in [0.5, 0.6) is 17.2 Å². The van der Waals surface area contributed by atoms with E-state index in [0.29, 0.717) is 40.6 Å². The molecule has 1 aliphatic heterocycles. The van der Waals surface area contributed by atoms with Crippen LogP contribution in [0.15, 0.2) is 75.2 Å². The normalized spacial score (nSPS) is 12.5. The molecule has 3 aromatic carbocycles. The summed E-state index contributed by atoms with van der Waals surface area (Å²) in [7, 11) is -2.43. The summed E-state index contributed by atoms with van der Waals surface area (Å²) in [5.41, 5.74) is 1.98. The topological polar surface area (TPSA) is 129 Å². The number of anilines is 1. The second-order valence-electron chi connectivity index (χ2n) is 7.67. The molecule has 1 aliphatic rings. The molecule has 1 aromatic heterocycles. The van der Waals surface area contributed by atoms with Crippen LogP contribution < -0.4 is 24.2 Å². The number of amides is 1. The van der Waals surface area contributed by atoms with Crippen molar-refractivity contribution in [2.75, 3.05) is 24.4 Å². The molecule has 12 heteroatoms. The average Bonchev–Trinajstić information content (AvgIpc) is 3.52. The molecule has 0 aliphatic carbocycles. The Kier molecular flexibility index (Phi) is 6.61. The third-order valence-corrected chi connectivity index (χ3v) is 7.45. The highest BCUT2D eigenvalue weighted by molar-refractivity contribution is 7.99. The van der Waals surface area contributed by atoms with Gasteiger partial charge in [0.2, 0.25) is 12.7 Å². The molecule has 0 atom stereocenters. The molecule has 0 radical (unpaired) electrons. The zero-order chi connectivity index (χ0) is 25.1. The Balaban J connectivity index is 1.21. The number of benzene rings is 3. The van der Waals surface area contributed by atoms with Crippen LogP contribution in [0.3, 0.4) is 0 Å². The van der Waals surface area contributed by atoms with Crippen molar-refractivity contribution in [1.82, 2.24) is 10.3 Å². The third kappa shape index (κ3) is 5.19. The van der Waals surface area contributed by atoms with Crippen molar-refractivity contribution in [2.45, 2.75) is 16.7 Å². The Morgan fingerprint density at radius 2 is 1.92 bits per heavy atom. The molecule has 0 saturated carbocycles. The molecular formula is C24H21N3O7S2. The highest BCUT2D eigenvalue weighted by Gasteiger charge is 2.19. The predicted molar refractivity (Wildman–Crippen MR) is 133 cm³/mol. The Bertz CT molecular complexity index is 1540. The Morgan fingerprint density at radius 1 is 1.08 bits per heavy atom. The van der Waals surface area contributed by atoms with Gasteiger partial charge < -0.3 is 23.9 Å². The monoisotopic (exact) mass is 527 g/mol. The molecule has 10 nitrogen and oxygen atoms in total. The lowest BCUT2D eigenvalue weighted by atomic mass is 10.2. The van der Waals surface area contributed by atoms with Crippen molar-refractivity contribution in [3.05, 3.63) is 66.2 Å². The van der Waals surface area contributed by atoms with E-state index in [1.807, 2.05) is 12.1 Å². The van der Waals surface area contributed by atoms with E-state index in [0.717, 1.165) is 17.3 Å². The minimum Gasteiger partial charge on any atom is -0.495 e. The van der Waals surface area contributed by atoms with Crippen molar-refractivity contribution in [1.29, 1.82) is 0 Å². The van der Waals surface area contributed by atoms with Gasteiger partial charge in [-0.1, -0.05) is 30.0 Å². The molecule has 186 valence electrons. The number of para-hydroxylation sites is 2. The van der Waals surface area contributed by atoms with Crippen LogP contribution in [0, 0.1) is 0 Å². The van der Waals surface area contributed by atoms with Gasteiger partial charge in [-0.15, -0.1) is 0 Å². The summed E-state index contributed by atoms with van der Waals surface area (Å²) in [5.74, 6) is 1.62. The zero-order valence-electron chi connectivity index (χ0n) is 19.0. The number of oxazole rings is 1. The fourth-order valence-electron chi connectivity index (χ4n) is 3.48. The van der Waals surface area contributed by atoms with Gasteiger partial charge in [-0.3, -0.25) is 9.52 Å². The van der Waals surface area contributed by atoms with Crippen LogP contribution in [-0.2, 0) is 21.4 Å². The number of hydrogen-bond acceptors (Lipinski definition) is 9. The van der Waals surface area contributed by atoms with Crippen LogP contribution in [0.25, 0.3) is 11.1 Å². The van der Waals surface area contributed by atoms with E-state index in [2.05, 4.69) is 15.0 Å². The minimum absolute atomic E-state index is 0.0206. The van der Waals surface area contributed by atoms with E-state index in [1.165, 1.54) is 25.3 Å². The van der Waals surface area contributed by atoms with Crippen molar-refractivity contribution in [3.63, 3.8) is 0 Å². The maximum Gasteiger partial charge on any atom is 0.262 e. The molecule has 0 saturated heterocycles. The van der Waals surface area contributed by atoms with E-state index < -0.39 is 10.0 Å². The quantitative estimate of drug-likeness (QED) is 0.313. The third-order valence-electron chi connectivity index (χ3n) is 5.25. The average molecular weight is 528 g/mol. The smallest absolute Gasteiger partial charge is 0.262 e. The van der Waals surface area contributed by atoms with Gasteiger partial charge in [0.25, 0.3) is 15.2 Å². The van der Waals surface area contributed by atoms with Gasteiger partial charge in [-0.2, -0.15) is 0 Å². The second-order valence-corrected chi connectivity index (χ2v) is 10.3. The number of rotatable bonds is 9. The number of carbonyl (C=O) groups is 1. The van der Waals surface area contributed by atoms with Gasteiger partial charge in [0.15, 0.2) is 17.1 Å². The summed E-state index contributed by atoms with van der Waals surface area (Å²) in [6.07, 6.45) is 0. The van der Waals surface area contributed by atoms with E-state index >= 15 is 0 Å². The standard InChI is InChI=1S/C24H21N3O7S2/c1-31-19-5-3-2-4-17(19)27-36(29,30)16-7-9-20-18(11-16)26-24(34-20)35-13-23(28)25-12-15-6-8-21-22(10-15)33-14-32-21/h2-11,27H,12-14H2,1H3,(H,25,28). The lowest BCUT2D eigenvalue weighted by molar-refractivity contribution is -0.118. The Morgan fingerprint density at radius 3 is 2.78 bits per heavy atom. The lowest BCUT2D eigenvalue weighted by Crippen LogP contribution is -2.24. The van der Waals surface area contributed by atoms with E-state index in [1.54, 1.807) is 30.3 Å². The summed E-state index contributed by atoms with van der Waals surface area (Å²) in [6.45, 7) is 0.530. The summed E-state index contributed by atoms with van der Waals surface area (Å²) < 4.78 is 49.8. The molecule has 5 rings (SSSR count). The van der Waals surface area contributed by atoms with Crippen LogP contribution in [0.2, 0.25) is 0 Å². The molecule has 4 aromatic rings. The first-order valence-electron chi connectivity index (χ1n) is 10.8. The number of fused-ring (bicyclic) bond motifs is 2. The number of nitrogens with zero attached hydrogens (tertiary/aromatic N) is 1. The van der Waals surface area contributed by atoms with Crippen LogP contribution in [0.1, 0.15) is 5.56 Å². The SMILES string of the molecule is COc1ccccc1NS(=O)(=O)c1ccc2oc(SCC(=O)NCc3ccc4c(c3)OCO4)nc2c1. The molecule has 0 fully saturated rings. The lowest BCUT2D eigenvalue weighted by Gasteiger charge is -2.11. The van der Waals surface area contributed by atoms with E-state index in [-0.39, 0.29) is 28.6 Å². The number of sulfonamides is 1. The molecule has 2 heterocycles. The van der Waals surface area contributed by atoms with Gasteiger partial charge >= 0.3 is 0 Å². The fourth-order valence-corrected chi connectivity index (χ4v) is 5.24. The first-order valence-corrected chi connectivity index (χ1v) is 13.2. The first kappa shape index (κ1) is 23.8. The number of ether oxygens (including phenoxy) is 3. The largest absolute Gasteiger partial charge is 0.495 e. The van der Waals surface area contributed by atoms with E-state index in [4.69, 9.17) is 18.6 Å². The van der Waals surface area contributed by atoms with Crippen LogP contribution >= 0.6 is 11.8 Å². The molecule has 0 bridgehead atoms. The Hall–Kier alpha value is -3.90. The summed E-state index contributed by atoms with van der Waals surface area (Å²) in [5, 5.41) is 3.09. The maximum atomic E-state index is 12.9. The second kappa shape index (κ2) is 9.99. The van der Waals surface area contributed by atoms with Gasteiger partial charge in [0.05, 0.1) is 23.4 Å². The highest BCUT2D eigenvalue weighted by Crippen LogP contribution is 2.32. The summed E-state index contributed by atoms with van der Waals surface area (Å²) >= 11 is 1.11. The highest BCUT2D eigenvalue weighted by atomic mass is 32.2.